The maximum Gasteiger partial charge on any atom is 0.148 e. The molecule has 4 rings (SSSR count). The monoisotopic (exact) mass is 354 g/mol. The van der Waals surface area contributed by atoms with Crippen LogP contribution in [-0.2, 0) is 0 Å². The topological polar surface area (TPSA) is 24.8 Å². The van der Waals surface area contributed by atoms with E-state index in [4.69, 9.17) is 16.3 Å². The Kier molecular flexibility index (Phi) is 4.32. The van der Waals surface area contributed by atoms with Crippen molar-refractivity contribution >= 4 is 35.0 Å². The summed E-state index contributed by atoms with van der Waals surface area (Å²) in [5.74, 6) is 3.56. The molecule has 0 aromatic heterocycles. The van der Waals surface area contributed by atoms with Gasteiger partial charge in [-0.2, -0.15) is 4.40 Å². The van der Waals surface area contributed by atoms with Crippen molar-refractivity contribution in [1.82, 2.24) is 4.90 Å². The first kappa shape index (κ1) is 15.4. The van der Waals surface area contributed by atoms with Crippen molar-refractivity contribution in [2.24, 2.45) is 4.40 Å². The largest absolute Gasteiger partial charge is 0.457 e. The summed E-state index contributed by atoms with van der Waals surface area (Å²) in [4.78, 5) is 2.20. The van der Waals surface area contributed by atoms with Gasteiger partial charge in [0.25, 0.3) is 0 Å². The highest BCUT2D eigenvalue weighted by Gasteiger charge is 2.21. The van der Waals surface area contributed by atoms with Crippen molar-refractivity contribution in [3.8, 4) is 11.5 Å². The second-order valence-corrected chi connectivity index (χ2v) is 6.73. The Balaban J connectivity index is 1.56. The molecule has 0 fully saturated rings. The molecule has 0 bridgehead atoms. The van der Waals surface area contributed by atoms with Crippen LogP contribution in [0.3, 0.4) is 0 Å². The van der Waals surface area contributed by atoms with E-state index < -0.39 is 0 Å². The number of amidine groups is 1. The predicted octanol–water partition coefficient (Wildman–Crippen LogP) is 5.41. The van der Waals surface area contributed by atoms with E-state index >= 15 is 0 Å². The summed E-state index contributed by atoms with van der Waals surface area (Å²) in [5.41, 5.74) is 2.27. The van der Waals surface area contributed by atoms with Crippen molar-refractivity contribution in [3.05, 3.63) is 77.5 Å². The first-order chi connectivity index (χ1) is 11.8. The molecule has 0 radical (unpaired) electrons. The van der Waals surface area contributed by atoms with Crippen molar-refractivity contribution < 1.29 is 4.74 Å². The van der Waals surface area contributed by atoms with Crippen molar-refractivity contribution in [3.63, 3.8) is 0 Å². The van der Waals surface area contributed by atoms with Gasteiger partial charge in [0, 0.05) is 29.1 Å². The van der Waals surface area contributed by atoms with E-state index in [2.05, 4.69) is 39.8 Å². The Bertz CT molecular complexity index is 843. The first-order valence-electron chi connectivity index (χ1n) is 7.69. The third kappa shape index (κ3) is 3.21. The number of ether oxygens (including phenoxy) is 1. The summed E-state index contributed by atoms with van der Waals surface area (Å²) >= 11 is 7.61. The normalized spacial score (nSPS) is 16.3. The molecule has 0 spiro atoms. The van der Waals surface area contributed by atoms with Crippen LogP contribution in [0.4, 0.5) is 0 Å². The van der Waals surface area contributed by atoms with E-state index in [9.17, 15) is 0 Å². The fraction of sp³-hybridized carbons (Fsp3) is 0.105. The SMILES string of the molecule is Clc1cccc(Oc2ccc(C3=CC=CN4CCSN=C34)cc2)c1. The molecule has 0 unspecified atom stereocenters. The van der Waals surface area contributed by atoms with Crippen LogP contribution in [0.25, 0.3) is 5.57 Å². The third-order valence-corrected chi connectivity index (χ3v) is 4.72. The lowest BCUT2D eigenvalue weighted by Crippen LogP contribution is -2.32. The minimum atomic E-state index is 0.663. The summed E-state index contributed by atoms with van der Waals surface area (Å²) < 4.78 is 10.4. The predicted molar refractivity (Wildman–Crippen MR) is 102 cm³/mol. The summed E-state index contributed by atoms with van der Waals surface area (Å²) in [6.45, 7) is 0.993. The molecule has 2 aliphatic heterocycles. The molecule has 0 atom stereocenters. The number of halogens is 1. The zero-order valence-electron chi connectivity index (χ0n) is 12.9. The lowest BCUT2D eigenvalue weighted by molar-refractivity contribution is 0.482. The molecule has 0 N–H and O–H groups in total. The zero-order chi connectivity index (χ0) is 16.4. The van der Waals surface area contributed by atoms with Gasteiger partial charge in [-0.25, -0.2) is 0 Å². The van der Waals surface area contributed by atoms with Gasteiger partial charge in [-0.15, -0.1) is 0 Å². The van der Waals surface area contributed by atoms with E-state index in [0.717, 1.165) is 40.8 Å². The number of hydrogen-bond acceptors (Lipinski definition) is 4. The number of nitrogens with zero attached hydrogens (tertiary/aromatic N) is 2. The third-order valence-electron chi connectivity index (χ3n) is 3.81. The second-order valence-electron chi connectivity index (χ2n) is 5.45. The molecule has 0 aliphatic carbocycles. The smallest absolute Gasteiger partial charge is 0.148 e. The van der Waals surface area contributed by atoms with Crippen molar-refractivity contribution in [2.45, 2.75) is 0 Å². The van der Waals surface area contributed by atoms with E-state index in [1.807, 2.05) is 30.3 Å². The number of allylic oxidation sites excluding steroid dienone is 2. The molecule has 5 heteroatoms. The Morgan fingerprint density at radius 3 is 2.79 bits per heavy atom. The molecule has 2 aromatic carbocycles. The Morgan fingerprint density at radius 2 is 1.96 bits per heavy atom. The molecular weight excluding hydrogens is 340 g/mol. The minimum absolute atomic E-state index is 0.663. The van der Waals surface area contributed by atoms with E-state index in [-0.39, 0.29) is 0 Å². The second kappa shape index (κ2) is 6.75. The Morgan fingerprint density at radius 1 is 1.08 bits per heavy atom. The van der Waals surface area contributed by atoms with Gasteiger partial charge in [-0.3, -0.25) is 0 Å². The maximum absolute atomic E-state index is 5.99. The van der Waals surface area contributed by atoms with Crippen molar-refractivity contribution in [2.75, 3.05) is 12.3 Å². The lowest BCUT2D eigenvalue weighted by atomic mass is 10.0. The summed E-state index contributed by atoms with van der Waals surface area (Å²) in [7, 11) is 0. The van der Waals surface area contributed by atoms with Gasteiger partial charge in [-0.1, -0.05) is 29.8 Å². The molecule has 0 amide bonds. The van der Waals surface area contributed by atoms with Gasteiger partial charge in [0.1, 0.15) is 17.3 Å². The van der Waals surface area contributed by atoms with Gasteiger partial charge in [-0.05, 0) is 60.0 Å². The molecule has 2 aromatic rings. The van der Waals surface area contributed by atoms with Crippen LogP contribution in [0.2, 0.25) is 5.02 Å². The van der Waals surface area contributed by atoms with Crippen molar-refractivity contribution in [1.29, 1.82) is 0 Å². The number of fused-ring (bicyclic) bond motifs is 1. The molecule has 120 valence electrons. The number of rotatable bonds is 3. The lowest BCUT2D eigenvalue weighted by Gasteiger charge is -2.29. The molecule has 2 aliphatic rings. The average molecular weight is 355 g/mol. The number of hydrogen-bond donors (Lipinski definition) is 0. The minimum Gasteiger partial charge on any atom is -0.457 e. The van der Waals surface area contributed by atoms with Crippen LogP contribution in [-0.4, -0.2) is 23.0 Å². The quantitative estimate of drug-likeness (QED) is 0.689. The summed E-state index contributed by atoms with van der Waals surface area (Å²) in [6, 6.07) is 15.5. The highest BCUT2D eigenvalue weighted by Crippen LogP contribution is 2.29. The fourth-order valence-corrected chi connectivity index (χ4v) is 3.54. The van der Waals surface area contributed by atoms with Crippen LogP contribution in [0.1, 0.15) is 5.56 Å². The zero-order valence-corrected chi connectivity index (χ0v) is 14.4. The van der Waals surface area contributed by atoms with E-state index in [1.165, 1.54) is 0 Å². The van der Waals surface area contributed by atoms with E-state index in [0.29, 0.717) is 5.02 Å². The van der Waals surface area contributed by atoms with Crippen LogP contribution in [0.15, 0.2) is 71.3 Å². The van der Waals surface area contributed by atoms with Gasteiger partial charge in [0.15, 0.2) is 0 Å². The fourth-order valence-electron chi connectivity index (χ4n) is 2.67. The van der Waals surface area contributed by atoms with Crippen LogP contribution in [0.5, 0.6) is 11.5 Å². The molecule has 0 saturated heterocycles. The highest BCUT2D eigenvalue weighted by molar-refractivity contribution is 7.98. The standard InChI is InChI=1S/C19H15ClN2OS/c20-15-3-1-4-17(13-15)23-16-8-6-14(7-9-16)18-5-2-10-22-11-12-24-21-19(18)22/h1-10,13H,11-12H2. The Labute approximate surface area is 150 Å². The average Bonchev–Trinajstić information content (AvgIpc) is 2.62. The van der Waals surface area contributed by atoms with E-state index in [1.54, 1.807) is 18.0 Å². The van der Waals surface area contributed by atoms with Gasteiger partial charge in [0.05, 0.1) is 0 Å². The van der Waals surface area contributed by atoms with Gasteiger partial charge < -0.3 is 9.64 Å². The maximum atomic E-state index is 5.99. The number of benzene rings is 2. The van der Waals surface area contributed by atoms with Crippen LogP contribution >= 0.6 is 23.5 Å². The van der Waals surface area contributed by atoms with Gasteiger partial charge >= 0.3 is 0 Å². The van der Waals surface area contributed by atoms with Crippen LogP contribution in [0, 0.1) is 0 Å². The molecule has 0 saturated carbocycles. The van der Waals surface area contributed by atoms with Crippen LogP contribution < -0.4 is 4.74 Å². The highest BCUT2D eigenvalue weighted by atomic mass is 35.5. The molecule has 2 heterocycles. The first-order valence-corrected chi connectivity index (χ1v) is 9.01. The molecular formula is C19H15ClN2OS. The molecule has 24 heavy (non-hydrogen) atoms. The summed E-state index contributed by atoms with van der Waals surface area (Å²) in [6.07, 6.45) is 6.26. The van der Waals surface area contributed by atoms with Gasteiger partial charge in [0.2, 0.25) is 0 Å². The molecule has 3 nitrogen and oxygen atoms in total. The Hall–Kier alpha value is -2.17. The summed E-state index contributed by atoms with van der Waals surface area (Å²) in [5, 5.41) is 0.663.